The van der Waals surface area contributed by atoms with Crippen LogP contribution in [0.25, 0.3) is 44.9 Å². The van der Waals surface area contributed by atoms with E-state index in [0.29, 0.717) is 17.4 Å². The quantitative estimate of drug-likeness (QED) is 0.439. The van der Waals surface area contributed by atoms with Crippen molar-refractivity contribution < 1.29 is 4.42 Å². The van der Waals surface area contributed by atoms with Crippen molar-refractivity contribution in [1.29, 1.82) is 0 Å². The third-order valence-electron chi connectivity index (χ3n) is 4.71. The molecule has 0 unspecified atom stereocenters. The van der Waals surface area contributed by atoms with Gasteiger partial charge in [-0.25, -0.2) is 4.98 Å². The van der Waals surface area contributed by atoms with Crippen molar-refractivity contribution >= 4 is 16.9 Å². The molecule has 0 bridgehead atoms. The molecule has 2 aromatic heterocycles. The number of rotatable bonds is 3. The van der Waals surface area contributed by atoms with Crippen LogP contribution < -0.4 is 5.73 Å². The molecule has 4 heteroatoms. The van der Waals surface area contributed by atoms with Crippen LogP contribution >= 0.6 is 0 Å². The smallest absolute Gasteiger partial charge is 0.233 e. The molecule has 0 amide bonds. The van der Waals surface area contributed by atoms with Crippen molar-refractivity contribution in [3.63, 3.8) is 0 Å². The Morgan fingerprint density at radius 3 is 1.75 bits per heavy atom. The highest BCUT2D eigenvalue weighted by molar-refractivity contribution is 6.05. The summed E-state index contributed by atoms with van der Waals surface area (Å²) in [7, 11) is 0. The first-order valence-electron chi connectivity index (χ1n) is 9.07. The molecule has 3 aromatic carbocycles. The van der Waals surface area contributed by atoms with Gasteiger partial charge in [-0.05, 0) is 5.56 Å². The van der Waals surface area contributed by atoms with Crippen molar-refractivity contribution in [2.75, 3.05) is 5.73 Å². The average Bonchev–Trinajstić information content (AvgIpc) is 3.16. The summed E-state index contributed by atoms with van der Waals surface area (Å²) in [4.78, 5) is 9.25. The summed E-state index contributed by atoms with van der Waals surface area (Å²) < 4.78 is 6.25. The first-order valence-corrected chi connectivity index (χ1v) is 9.07. The largest absolute Gasteiger partial charge is 0.437 e. The maximum Gasteiger partial charge on any atom is 0.233 e. The summed E-state index contributed by atoms with van der Waals surface area (Å²) in [6, 6.07) is 29.8. The van der Waals surface area contributed by atoms with Crippen LogP contribution in [0.15, 0.2) is 95.4 Å². The Morgan fingerprint density at radius 1 is 0.607 bits per heavy atom. The van der Waals surface area contributed by atoms with Gasteiger partial charge in [-0.15, -0.1) is 0 Å². The van der Waals surface area contributed by atoms with E-state index in [2.05, 4.69) is 9.97 Å². The van der Waals surface area contributed by atoms with Crippen molar-refractivity contribution in [3.8, 4) is 33.8 Å². The summed E-state index contributed by atoms with van der Waals surface area (Å²) in [5, 5.41) is 0.740. The predicted molar refractivity (Wildman–Crippen MR) is 113 cm³/mol. The monoisotopic (exact) mass is 363 g/mol. The van der Waals surface area contributed by atoms with E-state index in [1.54, 1.807) is 0 Å². The molecule has 0 fully saturated rings. The molecule has 5 aromatic rings. The maximum atomic E-state index is 6.41. The van der Waals surface area contributed by atoms with Gasteiger partial charge in [0.1, 0.15) is 11.6 Å². The molecule has 134 valence electrons. The fourth-order valence-corrected chi connectivity index (χ4v) is 3.42. The number of hydrogen-bond acceptors (Lipinski definition) is 4. The Bertz CT molecular complexity index is 1250. The molecule has 0 atom stereocenters. The highest BCUT2D eigenvalue weighted by atomic mass is 16.3. The lowest BCUT2D eigenvalue weighted by Crippen LogP contribution is -1.97. The summed E-state index contributed by atoms with van der Waals surface area (Å²) in [6.45, 7) is 0. The van der Waals surface area contributed by atoms with E-state index in [1.807, 2.05) is 91.0 Å². The molecular weight excluding hydrogens is 346 g/mol. The minimum Gasteiger partial charge on any atom is -0.437 e. The summed E-state index contributed by atoms with van der Waals surface area (Å²) in [6.07, 6.45) is 0. The van der Waals surface area contributed by atoms with E-state index >= 15 is 0 Å². The van der Waals surface area contributed by atoms with Gasteiger partial charge in [0.15, 0.2) is 5.82 Å². The van der Waals surface area contributed by atoms with Crippen LogP contribution in [0.4, 0.5) is 5.82 Å². The molecule has 2 N–H and O–H groups in total. The third-order valence-corrected chi connectivity index (χ3v) is 4.71. The molecule has 0 aliphatic heterocycles. The summed E-state index contributed by atoms with van der Waals surface area (Å²) >= 11 is 0. The second-order valence-corrected chi connectivity index (χ2v) is 6.52. The first kappa shape index (κ1) is 16.3. The van der Waals surface area contributed by atoms with Crippen molar-refractivity contribution in [3.05, 3.63) is 91.0 Å². The summed E-state index contributed by atoms with van der Waals surface area (Å²) in [5.41, 5.74) is 10.7. The lowest BCUT2D eigenvalue weighted by Gasteiger charge is -2.05. The van der Waals surface area contributed by atoms with Crippen LogP contribution in [-0.4, -0.2) is 9.97 Å². The van der Waals surface area contributed by atoms with Gasteiger partial charge in [0, 0.05) is 16.7 Å². The second-order valence-electron chi connectivity index (χ2n) is 6.52. The zero-order valence-corrected chi connectivity index (χ0v) is 15.0. The number of anilines is 1. The zero-order valence-electron chi connectivity index (χ0n) is 15.0. The van der Waals surface area contributed by atoms with Gasteiger partial charge in [-0.3, -0.25) is 0 Å². The van der Waals surface area contributed by atoms with Crippen molar-refractivity contribution in [1.82, 2.24) is 9.97 Å². The van der Waals surface area contributed by atoms with E-state index in [1.165, 1.54) is 0 Å². The lowest BCUT2D eigenvalue weighted by molar-refractivity contribution is 0.619. The average molecular weight is 363 g/mol. The maximum absolute atomic E-state index is 6.41. The molecule has 0 saturated carbocycles. The number of hydrogen-bond donors (Lipinski definition) is 1. The normalized spacial score (nSPS) is 11.0. The van der Waals surface area contributed by atoms with Crippen LogP contribution in [0.1, 0.15) is 0 Å². The molecule has 5 rings (SSSR count). The highest BCUT2D eigenvalue weighted by Crippen LogP contribution is 2.42. The van der Waals surface area contributed by atoms with E-state index in [-0.39, 0.29) is 0 Å². The fraction of sp³-hybridized carbons (Fsp3) is 0. The zero-order chi connectivity index (χ0) is 18.9. The molecule has 4 nitrogen and oxygen atoms in total. The lowest BCUT2D eigenvalue weighted by atomic mass is 9.99. The Balaban J connectivity index is 1.82. The fourth-order valence-electron chi connectivity index (χ4n) is 3.42. The molecular formula is C24H17N3O. The van der Waals surface area contributed by atoms with Gasteiger partial charge >= 0.3 is 0 Å². The number of furan rings is 1. The minimum absolute atomic E-state index is 0.411. The number of benzene rings is 3. The molecule has 0 aliphatic rings. The van der Waals surface area contributed by atoms with Crippen LogP contribution in [0, 0.1) is 0 Å². The van der Waals surface area contributed by atoms with Gasteiger partial charge < -0.3 is 10.2 Å². The molecule has 2 heterocycles. The van der Waals surface area contributed by atoms with Crippen molar-refractivity contribution in [2.24, 2.45) is 0 Å². The minimum atomic E-state index is 0.411. The van der Waals surface area contributed by atoms with Gasteiger partial charge in [0.2, 0.25) is 5.71 Å². The number of nitrogens with two attached hydrogens (primary N) is 1. The van der Waals surface area contributed by atoms with Gasteiger partial charge in [0.05, 0.1) is 5.39 Å². The second kappa shape index (κ2) is 6.67. The van der Waals surface area contributed by atoms with Crippen LogP contribution in [0.5, 0.6) is 0 Å². The van der Waals surface area contributed by atoms with Crippen molar-refractivity contribution in [2.45, 2.75) is 0 Å². The van der Waals surface area contributed by atoms with E-state index in [9.17, 15) is 0 Å². The number of nitrogens with zero attached hydrogens (tertiary/aromatic N) is 2. The highest BCUT2D eigenvalue weighted by Gasteiger charge is 2.22. The van der Waals surface area contributed by atoms with Gasteiger partial charge in [0.25, 0.3) is 0 Å². The van der Waals surface area contributed by atoms with Crippen LogP contribution in [-0.2, 0) is 0 Å². The SMILES string of the molecule is Nc1nc(-c2ccccc2)nc2oc(-c3ccccc3)c(-c3ccccc3)c12. The standard InChI is InChI=1S/C24H17N3O/c25-22-20-19(16-10-4-1-5-11-16)21(17-12-6-2-7-13-17)28-24(20)27-23(26-22)18-14-8-3-9-15-18/h1-15H,(H2,25,26,27). The van der Waals surface area contributed by atoms with Crippen LogP contribution in [0.2, 0.25) is 0 Å². The van der Waals surface area contributed by atoms with Gasteiger partial charge in [-0.1, -0.05) is 91.0 Å². The topological polar surface area (TPSA) is 64.9 Å². The number of fused-ring (bicyclic) bond motifs is 1. The summed E-state index contributed by atoms with van der Waals surface area (Å²) in [5.74, 6) is 1.71. The molecule has 0 spiro atoms. The Labute approximate surface area is 162 Å². The molecule has 0 radical (unpaired) electrons. The predicted octanol–water partition coefficient (Wildman–Crippen LogP) is 5.81. The Kier molecular flexibility index (Phi) is 3.87. The molecule has 0 aliphatic carbocycles. The number of aromatic nitrogens is 2. The van der Waals surface area contributed by atoms with E-state index < -0.39 is 0 Å². The third kappa shape index (κ3) is 2.72. The Hall–Kier alpha value is -3.92. The number of nitrogen functional groups attached to an aromatic ring is 1. The molecule has 0 saturated heterocycles. The first-order chi connectivity index (χ1) is 13.8. The van der Waals surface area contributed by atoms with Crippen LogP contribution in [0.3, 0.4) is 0 Å². The van der Waals surface area contributed by atoms with Gasteiger partial charge in [-0.2, -0.15) is 4.98 Å². The molecule has 28 heavy (non-hydrogen) atoms. The van der Waals surface area contributed by atoms with E-state index in [4.69, 9.17) is 10.2 Å². The van der Waals surface area contributed by atoms with E-state index in [0.717, 1.165) is 33.4 Å². The Morgan fingerprint density at radius 2 is 1.14 bits per heavy atom.